The molecule has 1 aliphatic heterocycles. The van der Waals surface area contributed by atoms with Crippen molar-refractivity contribution in [1.82, 2.24) is 9.97 Å². The van der Waals surface area contributed by atoms with Crippen molar-refractivity contribution >= 4 is 70.0 Å². The van der Waals surface area contributed by atoms with Crippen molar-refractivity contribution in [1.29, 1.82) is 0 Å². The first kappa shape index (κ1) is 29.6. The molecule has 0 aliphatic carbocycles. The summed E-state index contributed by atoms with van der Waals surface area (Å²) in [5, 5.41) is 13.3. The molecule has 212 valence electrons. The molecule has 0 spiro atoms. The van der Waals surface area contributed by atoms with Crippen molar-refractivity contribution in [3.05, 3.63) is 93.6 Å². The number of benzene rings is 3. The van der Waals surface area contributed by atoms with Gasteiger partial charge >= 0.3 is 12.2 Å². The molecule has 2 heterocycles. The number of hydrogen-bond acceptors (Lipinski definition) is 6. The number of carbonyl (C=O) groups is 2. The molecule has 13 heteroatoms. The van der Waals surface area contributed by atoms with Gasteiger partial charge in [-0.25, -0.2) is 9.78 Å². The van der Waals surface area contributed by atoms with Crippen LogP contribution in [0.25, 0.3) is 0 Å². The average molecular weight is 603 g/mol. The molecule has 0 saturated heterocycles. The van der Waals surface area contributed by atoms with Crippen molar-refractivity contribution in [3.8, 4) is 0 Å². The smallest absolute Gasteiger partial charge is 0.339 e. The highest BCUT2D eigenvalue weighted by molar-refractivity contribution is 6.33. The Morgan fingerprint density at radius 2 is 1.68 bits per heavy atom. The van der Waals surface area contributed by atoms with E-state index in [-0.39, 0.29) is 6.03 Å². The molecule has 0 unspecified atom stereocenters. The molecule has 0 atom stereocenters. The second kappa shape index (κ2) is 12.9. The molecule has 4 N–H and O–H groups in total. The van der Waals surface area contributed by atoms with E-state index < -0.39 is 12.5 Å². The van der Waals surface area contributed by atoms with E-state index in [1.807, 2.05) is 43.3 Å². The van der Waals surface area contributed by atoms with Crippen LogP contribution >= 0.6 is 23.2 Å². The third-order valence-corrected chi connectivity index (χ3v) is 6.32. The molecular weight excluding hydrogens is 580 g/mol. The van der Waals surface area contributed by atoms with Crippen molar-refractivity contribution in [2.24, 2.45) is 0 Å². The number of nitrogens with one attached hydrogen (secondary N) is 4. The summed E-state index contributed by atoms with van der Waals surface area (Å²) in [4.78, 5) is 30.3. The molecule has 41 heavy (non-hydrogen) atoms. The van der Waals surface area contributed by atoms with Gasteiger partial charge < -0.3 is 21.3 Å². The summed E-state index contributed by atoms with van der Waals surface area (Å²) in [5.41, 5.74) is 6.09. The highest BCUT2D eigenvalue weighted by Crippen LogP contribution is 2.30. The summed E-state index contributed by atoms with van der Waals surface area (Å²) in [6.07, 6.45) is -2.65. The molecule has 5 rings (SSSR count). The van der Waals surface area contributed by atoms with Crippen LogP contribution < -0.4 is 21.3 Å². The zero-order chi connectivity index (χ0) is 29.6. The van der Waals surface area contributed by atoms with Crippen molar-refractivity contribution in [3.63, 3.8) is 0 Å². The maximum atomic E-state index is 12.8. The topological polar surface area (TPSA) is 108 Å². The number of aldehydes is 1. The summed E-state index contributed by atoms with van der Waals surface area (Å²) in [6, 6.07) is 18.9. The summed E-state index contributed by atoms with van der Waals surface area (Å²) in [7, 11) is 0. The largest absolute Gasteiger partial charge is 0.446 e. The number of aromatic nitrogens is 2. The predicted octanol–water partition coefficient (Wildman–Crippen LogP) is 8.07. The molecule has 0 saturated carbocycles. The molecule has 0 fully saturated rings. The Kier molecular flexibility index (Phi) is 9.31. The van der Waals surface area contributed by atoms with Gasteiger partial charge in [0.05, 0.1) is 6.20 Å². The summed E-state index contributed by atoms with van der Waals surface area (Å²) < 4.78 is 31.2. The number of halogens is 5. The first-order chi connectivity index (χ1) is 19.5. The Labute approximate surface area is 243 Å². The molecular formula is C28H23Cl2F3N6O2. The van der Waals surface area contributed by atoms with Crippen LogP contribution in [-0.4, -0.2) is 28.5 Å². The molecule has 2 amide bonds. The number of nitrogens with zero attached hydrogens (tertiary/aromatic N) is 2. The number of urea groups is 1. The lowest BCUT2D eigenvalue weighted by molar-refractivity contribution is -0.156. The standard InChI is InChI=1S/C26H22Cl2N6O.C2HF3O/c1-15-5-8-18(27)13-23(15)33-26(35)32-22-10-9-20-12-17(22)7-6-16-3-2-4-19(11-16)31-25-29-14-21(28)24(30-20)34-25;3-2(4,5)1-6/h2-5,8-14H,6-7H2,1H3,(H2,32,33,35)(H2,29,30,31,34);1H. The fraction of sp³-hybridized carbons (Fsp3) is 0.143. The molecule has 3 aromatic carbocycles. The van der Waals surface area contributed by atoms with E-state index in [2.05, 4.69) is 43.4 Å². The number of amides is 2. The van der Waals surface area contributed by atoms with Gasteiger partial charge in [-0.2, -0.15) is 18.2 Å². The van der Waals surface area contributed by atoms with Crippen LogP contribution in [0.2, 0.25) is 10.0 Å². The van der Waals surface area contributed by atoms with Crippen LogP contribution in [0, 0.1) is 6.92 Å². The van der Waals surface area contributed by atoms with E-state index in [4.69, 9.17) is 28.0 Å². The molecule has 0 radical (unpaired) electrons. The van der Waals surface area contributed by atoms with Crippen molar-refractivity contribution < 1.29 is 22.8 Å². The van der Waals surface area contributed by atoms with Crippen molar-refractivity contribution in [2.45, 2.75) is 25.9 Å². The third-order valence-electron chi connectivity index (χ3n) is 5.81. The normalized spacial score (nSPS) is 12.0. The zero-order valence-electron chi connectivity index (χ0n) is 21.4. The Balaban J connectivity index is 0.000000585. The van der Waals surface area contributed by atoms with Crippen LogP contribution in [0.15, 0.2) is 66.9 Å². The quantitative estimate of drug-likeness (QED) is 0.173. The van der Waals surface area contributed by atoms with E-state index in [0.29, 0.717) is 39.6 Å². The van der Waals surface area contributed by atoms with E-state index in [1.54, 1.807) is 18.3 Å². The minimum atomic E-state index is -4.64. The van der Waals surface area contributed by atoms with Crippen LogP contribution in [0.4, 0.5) is 52.5 Å². The van der Waals surface area contributed by atoms with Gasteiger partial charge in [-0.3, -0.25) is 4.79 Å². The van der Waals surface area contributed by atoms with Crippen molar-refractivity contribution in [2.75, 3.05) is 21.3 Å². The van der Waals surface area contributed by atoms with E-state index in [9.17, 15) is 18.0 Å². The van der Waals surface area contributed by atoms with Crippen LogP contribution in [0.1, 0.15) is 16.7 Å². The zero-order valence-corrected chi connectivity index (χ0v) is 23.0. The van der Waals surface area contributed by atoms with Gasteiger partial charge in [0.25, 0.3) is 0 Å². The maximum absolute atomic E-state index is 12.8. The summed E-state index contributed by atoms with van der Waals surface area (Å²) in [5.74, 6) is 0.931. The molecule has 8 nitrogen and oxygen atoms in total. The fourth-order valence-electron chi connectivity index (χ4n) is 3.87. The molecule has 1 aliphatic rings. The number of fused-ring (bicyclic) bond motifs is 6. The fourth-order valence-corrected chi connectivity index (χ4v) is 4.18. The molecule has 6 bridgehead atoms. The van der Waals surface area contributed by atoms with Gasteiger partial charge in [0, 0.05) is 27.8 Å². The first-order valence-corrected chi connectivity index (χ1v) is 12.9. The predicted molar refractivity (Wildman–Crippen MR) is 155 cm³/mol. The lowest BCUT2D eigenvalue weighted by atomic mass is 10.0. The number of rotatable bonds is 2. The number of hydrogen-bond donors (Lipinski definition) is 4. The lowest BCUT2D eigenvalue weighted by Gasteiger charge is -2.16. The minimum Gasteiger partial charge on any atom is -0.339 e. The number of aryl methyl sites for hydroxylation is 3. The monoisotopic (exact) mass is 602 g/mol. The van der Waals surface area contributed by atoms with Gasteiger partial charge in [-0.1, -0.05) is 41.4 Å². The Bertz CT molecular complexity index is 1580. The van der Waals surface area contributed by atoms with Gasteiger partial charge in [-0.05, 0) is 78.9 Å². The summed E-state index contributed by atoms with van der Waals surface area (Å²) >= 11 is 12.4. The lowest BCUT2D eigenvalue weighted by Crippen LogP contribution is -2.21. The van der Waals surface area contributed by atoms with E-state index in [0.717, 1.165) is 34.5 Å². The van der Waals surface area contributed by atoms with E-state index >= 15 is 0 Å². The van der Waals surface area contributed by atoms with E-state index in [1.165, 1.54) is 0 Å². The third kappa shape index (κ3) is 8.57. The SMILES string of the molecule is Cc1ccc(Cl)cc1NC(=O)Nc1ccc2cc1CCc1cccc(c1)Nc1ncc(Cl)c(n1)N2.O=CC(F)(F)F. The first-order valence-electron chi connectivity index (χ1n) is 12.1. The van der Waals surface area contributed by atoms with Gasteiger partial charge in [0.2, 0.25) is 12.2 Å². The highest BCUT2D eigenvalue weighted by atomic mass is 35.5. The Morgan fingerprint density at radius 1 is 0.951 bits per heavy atom. The van der Waals surface area contributed by atoms with Gasteiger partial charge in [0.1, 0.15) is 5.02 Å². The van der Waals surface area contributed by atoms with Gasteiger partial charge in [0.15, 0.2) is 5.82 Å². The molecule has 1 aromatic heterocycles. The Hall–Kier alpha value is -4.35. The summed E-state index contributed by atoms with van der Waals surface area (Å²) in [6.45, 7) is 1.91. The minimum absolute atomic E-state index is 0.343. The number of anilines is 6. The number of alkyl halides is 3. The molecule has 4 aromatic rings. The number of carbonyl (C=O) groups excluding carboxylic acids is 2. The van der Waals surface area contributed by atoms with Crippen LogP contribution in [0.3, 0.4) is 0 Å². The average Bonchev–Trinajstić information content (AvgIpc) is 2.93. The highest BCUT2D eigenvalue weighted by Gasteiger charge is 2.25. The second-order valence-corrected chi connectivity index (χ2v) is 9.75. The van der Waals surface area contributed by atoms with Crippen LogP contribution in [0.5, 0.6) is 0 Å². The second-order valence-electron chi connectivity index (χ2n) is 8.91. The van der Waals surface area contributed by atoms with Gasteiger partial charge in [-0.15, -0.1) is 0 Å². The van der Waals surface area contributed by atoms with Crippen LogP contribution in [-0.2, 0) is 17.6 Å². The maximum Gasteiger partial charge on any atom is 0.446 e. The Morgan fingerprint density at radius 3 is 2.44 bits per heavy atom.